The van der Waals surface area contributed by atoms with E-state index >= 15 is 0 Å². The van der Waals surface area contributed by atoms with Gasteiger partial charge in [-0.25, -0.2) is 4.79 Å². The van der Waals surface area contributed by atoms with Crippen molar-refractivity contribution in [1.29, 1.82) is 0 Å². The van der Waals surface area contributed by atoms with Crippen LogP contribution >= 0.6 is 0 Å². The topological polar surface area (TPSA) is 105 Å². The Hall–Kier alpha value is -3.68. The minimum atomic E-state index is -0.794. The first-order valence-corrected chi connectivity index (χ1v) is 9.96. The van der Waals surface area contributed by atoms with Gasteiger partial charge in [0.1, 0.15) is 6.04 Å². The number of ether oxygens (including phenoxy) is 1. The Labute approximate surface area is 181 Å². The minimum Gasteiger partial charge on any atom is -0.452 e. The SMILES string of the molecule is CCNC(=O)[C@H](C)NC(=O)COC(=O)c1ccccc1C(=O)N(C)Cc1ccccc1. The average molecular weight is 425 g/mol. The van der Waals surface area contributed by atoms with Crippen molar-refractivity contribution in [2.75, 3.05) is 20.2 Å². The highest BCUT2D eigenvalue weighted by Crippen LogP contribution is 2.14. The van der Waals surface area contributed by atoms with E-state index < -0.39 is 24.5 Å². The molecule has 0 aromatic heterocycles. The number of hydrogen-bond acceptors (Lipinski definition) is 5. The summed E-state index contributed by atoms with van der Waals surface area (Å²) in [4.78, 5) is 50.6. The fraction of sp³-hybridized carbons (Fsp3) is 0.304. The van der Waals surface area contributed by atoms with Crippen molar-refractivity contribution in [2.24, 2.45) is 0 Å². The van der Waals surface area contributed by atoms with E-state index in [-0.39, 0.29) is 22.9 Å². The van der Waals surface area contributed by atoms with Crippen LogP contribution in [0.25, 0.3) is 0 Å². The molecule has 0 saturated carbocycles. The molecule has 0 unspecified atom stereocenters. The zero-order valence-corrected chi connectivity index (χ0v) is 17.9. The molecule has 2 aromatic rings. The van der Waals surface area contributed by atoms with Gasteiger partial charge in [-0.15, -0.1) is 0 Å². The summed E-state index contributed by atoms with van der Waals surface area (Å²) in [6, 6.07) is 15.0. The molecule has 0 aliphatic rings. The largest absolute Gasteiger partial charge is 0.452 e. The van der Waals surface area contributed by atoms with Crippen molar-refractivity contribution < 1.29 is 23.9 Å². The quantitative estimate of drug-likeness (QED) is 0.596. The molecule has 8 nitrogen and oxygen atoms in total. The number of carbonyl (C=O) groups excluding carboxylic acids is 4. The van der Waals surface area contributed by atoms with Crippen LogP contribution < -0.4 is 10.6 Å². The summed E-state index contributed by atoms with van der Waals surface area (Å²) in [5.41, 5.74) is 1.20. The molecule has 31 heavy (non-hydrogen) atoms. The van der Waals surface area contributed by atoms with E-state index in [1.165, 1.54) is 24.0 Å². The van der Waals surface area contributed by atoms with Gasteiger partial charge in [0.05, 0.1) is 11.1 Å². The lowest BCUT2D eigenvalue weighted by molar-refractivity contribution is -0.130. The number of hydrogen-bond donors (Lipinski definition) is 2. The summed E-state index contributed by atoms with van der Waals surface area (Å²) in [6.07, 6.45) is 0. The molecule has 8 heteroatoms. The lowest BCUT2D eigenvalue weighted by Crippen LogP contribution is -2.46. The molecule has 2 N–H and O–H groups in total. The van der Waals surface area contributed by atoms with Crippen LogP contribution in [-0.4, -0.2) is 54.8 Å². The molecule has 1 atom stereocenters. The number of esters is 1. The Morgan fingerprint density at radius 2 is 1.58 bits per heavy atom. The minimum absolute atomic E-state index is 0.0667. The van der Waals surface area contributed by atoms with E-state index in [2.05, 4.69) is 10.6 Å². The highest BCUT2D eigenvalue weighted by atomic mass is 16.5. The summed E-state index contributed by atoms with van der Waals surface area (Å²) in [5.74, 6) is -2.08. The Kier molecular flexibility index (Phi) is 8.75. The van der Waals surface area contributed by atoms with Gasteiger partial charge in [-0.05, 0) is 31.5 Å². The van der Waals surface area contributed by atoms with Crippen LogP contribution in [-0.2, 0) is 20.9 Å². The third-order valence-corrected chi connectivity index (χ3v) is 4.44. The predicted molar refractivity (Wildman–Crippen MR) is 115 cm³/mol. The molecule has 2 rings (SSSR count). The van der Waals surface area contributed by atoms with Crippen LogP contribution in [0.2, 0.25) is 0 Å². The highest BCUT2D eigenvalue weighted by Gasteiger charge is 2.22. The van der Waals surface area contributed by atoms with Gasteiger partial charge >= 0.3 is 5.97 Å². The van der Waals surface area contributed by atoms with Gasteiger partial charge in [0.15, 0.2) is 6.61 Å². The zero-order valence-electron chi connectivity index (χ0n) is 17.9. The molecule has 0 fully saturated rings. The maximum absolute atomic E-state index is 12.9. The van der Waals surface area contributed by atoms with E-state index in [1.54, 1.807) is 26.1 Å². The second-order valence-electron chi connectivity index (χ2n) is 6.95. The van der Waals surface area contributed by atoms with Gasteiger partial charge in [-0.3, -0.25) is 14.4 Å². The van der Waals surface area contributed by atoms with Crippen molar-refractivity contribution in [1.82, 2.24) is 15.5 Å². The Morgan fingerprint density at radius 3 is 2.23 bits per heavy atom. The lowest BCUT2D eigenvalue weighted by atomic mass is 10.1. The third kappa shape index (κ3) is 6.95. The van der Waals surface area contributed by atoms with Crippen LogP contribution in [0, 0.1) is 0 Å². The van der Waals surface area contributed by atoms with E-state index in [0.29, 0.717) is 13.1 Å². The van der Waals surface area contributed by atoms with E-state index in [4.69, 9.17) is 4.74 Å². The van der Waals surface area contributed by atoms with Crippen LogP contribution in [0.4, 0.5) is 0 Å². The first kappa shape index (κ1) is 23.6. The van der Waals surface area contributed by atoms with Gasteiger partial charge in [-0.1, -0.05) is 42.5 Å². The molecule has 0 saturated heterocycles. The van der Waals surface area contributed by atoms with Crippen molar-refractivity contribution in [3.05, 3.63) is 71.3 Å². The molecule has 0 aliphatic heterocycles. The van der Waals surface area contributed by atoms with Crippen LogP contribution in [0.1, 0.15) is 40.1 Å². The number of nitrogens with zero attached hydrogens (tertiary/aromatic N) is 1. The molecule has 0 radical (unpaired) electrons. The van der Waals surface area contributed by atoms with E-state index in [1.807, 2.05) is 30.3 Å². The van der Waals surface area contributed by atoms with Crippen LogP contribution in [0.3, 0.4) is 0 Å². The lowest BCUT2D eigenvalue weighted by Gasteiger charge is -2.19. The fourth-order valence-corrected chi connectivity index (χ4v) is 2.87. The molecule has 0 heterocycles. The number of nitrogens with one attached hydrogen (secondary N) is 2. The number of likely N-dealkylation sites (N-methyl/N-ethyl adjacent to an activating group) is 1. The van der Waals surface area contributed by atoms with Crippen molar-refractivity contribution in [3.8, 4) is 0 Å². The normalized spacial score (nSPS) is 11.2. The zero-order chi connectivity index (χ0) is 22.8. The van der Waals surface area contributed by atoms with Gasteiger partial charge in [0.25, 0.3) is 11.8 Å². The smallest absolute Gasteiger partial charge is 0.339 e. The Balaban J connectivity index is 2.00. The van der Waals surface area contributed by atoms with Crippen LogP contribution in [0.15, 0.2) is 54.6 Å². The van der Waals surface area contributed by atoms with Gasteiger partial charge < -0.3 is 20.3 Å². The Morgan fingerprint density at radius 1 is 0.968 bits per heavy atom. The summed E-state index contributed by atoms with van der Waals surface area (Å²) in [6.45, 7) is 3.55. The average Bonchev–Trinajstić information content (AvgIpc) is 2.77. The first-order chi connectivity index (χ1) is 14.8. The molecule has 2 aromatic carbocycles. The molecule has 0 bridgehead atoms. The van der Waals surface area contributed by atoms with Crippen LogP contribution in [0.5, 0.6) is 0 Å². The summed E-state index contributed by atoms with van der Waals surface area (Å²) in [7, 11) is 1.65. The number of amides is 3. The number of carbonyl (C=O) groups is 4. The highest BCUT2D eigenvalue weighted by molar-refractivity contribution is 6.05. The first-order valence-electron chi connectivity index (χ1n) is 9.96. The van der Waals surface area contributed by atoms with E-state index in [9.17, 15) is 19.2 Å². The molecule has 164 valence electrons. The maximum atomic E-state index is 12.9. The predicted octanol–water partition coefficient (Wildman–Crippen LogP) is 1.76. The van der Waals surface area contributed by atoms with Gasteiger partial charge in [-0.2, -0.15) is 0 Å². The van der Waals surface area contributed by atoms with Gasteiger partial charge in [0.2, 0.25) is 5.91 Å². The van der Waals surface area contributed by atoms with Crippen molar-refractivity contribution in [2.45, 2.75) is 26.4 Å². The number of rotatable bonds is 9. The molecular formula is C23H27N3O5. The van der Waals surface area contributed by atoms with Gasteiger partial charge in [0, 0.05) is 20.1 Å². The number of benzene rings is 2. The second-order valence-corrected chi connectivity index (χ2v) is 6.95. The molecular weight excluding hydrogens is 398 g/mol. The summed E-state index contributed by atoms with van der Waals surface area (Å²) >= 11 is 0. The van der Waals surface area contributed by atoms with Crippen molar-refractivity contribution in [3.63, 3.8) is 0 Å². The van der Waals surface area contributed by atoms with E-state index in [0.717, 1.165) is 5.56 Å². The Bertz CT molecular complexity index is 930. The third-order valence-electron chi connectivity index (χ3n) is 4.44. The standard InChI is InChI=1S/C23H27N3O5/c1-4-24-21(28)16(2)25-20(27)15-31-23(30)19-13-9-8-12-18(19)22(29)26(3)14-17-10-6-5-7-11-17/h5-13,16H,4,14-15H2,1-3H3,(H,24,28)(H,25,27)/t16-/m0/s1. The fourth-order valence-electron chi connectivity index (χ4n) is 2.87. The molecule has 0 aliphatic carbocycles. The monoisotopic (exact) mass is 425 g/mol. The summed E-state index contributed by atoms with van der Waals surface area (Å²) in [5, 5.41) is 5.04. The van der Waals surface area contributed by atoms with Crippen molar-refractivity contribution >= 4 is 23.7 Å². The molecule has 3 amide bonds. The maximum Gasteiger partial charge on any atom is 0.339 e. The second kappa shape index (κ2) is 11.5. The molecule has 0 spiro atoms. The summed E-state index contributed by atoms with van der Waals surface area (Å²) < 4.78 is 5.07.